The summed E-state index contributed by atoms with van der Waals surface area (Å²) in [4.78, 5) is 0. The largest absolute Gasteiger partial charge is 0.486 e. The Labute approximate surface area is 55.3 Å². The molecule has 0 spiro atoms. The second-order valence-electron chi connectivity index (χ2n) is 1.46. The van der Waals surface area contributed by atoms with Crippen molar-refractivity contribution in [2.45, 2.75) is 13.8 Å². The molecule has 0 aromatic rings. The van der Waals surface area contributed by atoms with Crippen molar-refractivity contribution < 1.29 is 4.74 Å². The first-order valence-corrected chi connectivity index (χ1v) is 2.84. The molecule has 8 heavy (non-hydrogen) atoms. The summed E-state index contributed by atoms with van der Waals surface area (Å²) in [6.45, 7) is 3.85. The molecule has 46 valence electrons. The molecule has 0 unspecified atom stereocenters. The first-order valence-electron chi connectivity index (χ1n) is 2.43. The van der Waals surface area contributed by atoms with Crippen LogP contribution in [0.4, 0.5) is 0 Å². The van der Waals surface area contributed by atoms with E-state index in [-0.39, 0.29) is 0 Å². The van der Waals surface area contributed by atoms with Gasteiger partial charge in [0.05, 0.1) is 7.11 Å². The minimum atomic E-state index is 0.576. The van der Waals surface area contributed by atoms with Crippen LogP contribution in [0.2, 0.25) is 0 Å². The van der Waals surface area contributed by atoms with Crippen molar-refractivity contribution >= 4 is 17.3 Å². The molecule has 0 N–H and O–H groups in total. The quantitative estimate of drug-likeness (QED) is 0.396. The third-order valence-electron chi connectivity index (χ3n) is 0.940. The van der Waals surface area contributed by atoms with E-state index in [1.807, 2.05) is 19.9 Å². The van der Waals surface area contributed by atoms with E-state index in [1.54, 1.807) is 7.11 Å². The van der Waals surface area contributed by atoms with Crippen molar-refractivity contribution in [2.75, 3.05) is 7.11 Å². The topological polar surface area (TPSA) is 9.23 Å². The average Bonchev–Trinajstić information content (AvgIpc) is 1.84. The third-order valence-corrected chi connectivity index (χ3v) is 1.43. The van der Waals surface area contributed by atoms with E-state index in [9.17, 15) is 0 Å². The molecule has 0 aromatic carbocycles. The first kappa shape index (κ1) is 7.63. The Morgan fingerprint density at radius 1 is 1.62 bits per heavy atom. The number of allylic oxidation sites excluding steroid dienone is 1. The van der Waals surface area contributed by atoms with Crippen molar-refractivity contribution in [3.8, 4) is 0 Å². The van der Waals surface area contributed by atoms with Crippen LogP contribution >= 0.6 is 12.2 Å². The van der Waals surface area contributed by atoms with Crippen LogP contribution in [0.3, 0.4) is 0 Å². The van der Waals surface area contributed by atoms with E-state index < -0.39 is 0 Å². The maximum atomic E-state index is 4.79. The van der Waals surface area contributed by atoms with Gasteiger partial charge in [-0.3, -0.25) is 0 Å². The summed E-state index contributed by atoms with van der Waals surface area (Å²) in [6, 6.07) is 0. The van der Waals surface area contributed by atoms with Crippen molar-refractivity contribution in [2.24, 2.45) is 0 Å². The fraction of sp³-hybridized carbons (Fsp3) is 0.500. The van der Waals surface area contributed by atoms with Gasteiger partial charge in [0.2, 0.25) is 0 Å². The smallest absolute Gasteiger partial charge is 0.186 e. The van der Waals surface area contributed by atoms with Crippen LogP contribution in [-0.2, 0) is 4.74 Å². The molecule has 0 saturated carbocycles. The summed E-state index contributed by atoms with van der Waals surface area (Å²) in [5.74, 6) is 0. The van der Waals surface area contributed by atoms with Crippen LogP contribution in [0.5, 0.6) is 0 Å². The molecule has 2 heteroatoms. The van der Waals surface area contributed by atoms with Gasteiger partial charge in [-0.25, -0.2) is 0 Å². The van der Waals surface area contributed by atoms with Gasteiger partial charge in [0, 0.05) is 0 Å². The molecule has 0 atom stereocenters. The van der Waals surface area contributed by atoms with Crippen molar-refractivity contribution in [1.82, 2.24) is 0 Å². The molecule has 0 aliphatic rings. The van der Waals surface area contributed by atoms with Crippen LogP contribution < -0.4 is 0 Å². The Morgan fingerprint density at radius 2 is 2.12 bits per heavy atom. The third kappa shape index (κ3) is 2.07. The van der Waals surface area contributed by atoms with Crippen molar-refractivity contribution in [3.63, 3.8) is 0 Å². The second kappa shape index (κ2) is 3.61. The van der Waals surface area contributed by atoms with Gasteiger partial charge in [0.25, 0.3) is 0 Å². The maximum Gasteiger partial charge on any atom is 0.186 e. The highest BCUT2D eigenvalue weighted by Gasteiger charge is 1.92. The molecule has 0 fully saturated rings. The maximum absolute atomic E-state index is 4.79. The highest BCUT2D eigenvalue weighted by Crippen LogP contribution is 1.95. The minimum Gasteiger partial charge on any atom is -0.486 e. The number of thiocarbonyl (C=S) groups is 1. The molecule has 0 aliphatic carbocycles. The number of hydrogen-bond acceptors (Lipinski definition) is 2. The van der Waals surface area contributed by atoms with Crippen LogP contribution in [0, 0.1) is 0 Å². The normalized spacial score (nSPS) is 11.1. The van der Waals surface area contributed by atoms with Crippen molar-refractivity contribution in [1.29, 1.82) is 0 Å². The van der Waals surface area contributed by atoms with E-state index in [0.717, 1.165) is 5.57 Å². The molecule has 1 nitrogen and oxygen atoms in total. The molecule has 0 amide bonds. The first-order chi connectivity index (χ1) is 3.72. The van der Waals surface area contributed by atoms with Crippen LogP contribution in [0.25, 0.3) is 0 Å². The number of rotatable bonds is 1. The predicted molar refractivity (Wildman–Crippen MR) is 39.0 cm³/mol. The van der Waals surface area contributed by atoms with E-state index in [4.69, 9.17) is 17.0 Å². The molecule has 0 saturated heterocycles. The SMILES string of the molecule is C/C=C(\C)C(=S)OC. The lowest BCUT2D eigenvalue weighted by atomic mass is 10.3. The standard InChI is InChI=1S/C6H10OS/c1-4-5(2)6(8)7-3/h4H,1-3H3/b5-4+. The fourth-order valence-electron chi connectivity index (χ4n) is 0.279. The van der Waals surface area contributed by atoms with Crippen molar-refractivity contribution in [3.05, 3.63) is 11.6 Å². The zero-order chi connectivity index (χ0) is 6.57. The van der Waals surface area contributed by atoms with Gasteiger partial charge < -0.3 is 4.74 Å². The monoisotopic (exact) mass is 130 g/mol. The zero-order valence-electron chi connectivity index (χ0n) is 5.39. The summed E-state index contributed by atoms with van der Waals surface area (Å²) >= 11 is 4.79. The lowest BCUT2D eigenvalue weighted by molar-refractivity contribution is 0.414. The van der Waals surface area contributed by atoms with Gasteiger partial charge in [-0.05, 0) is 31.6 Å². The van der Waals surface area contributed by atoms with Crippen LogP contribution in [-0.4, -0.2) is 12.2 Å². The molecule has 0 bridgehead atoms. The Kier molecular flexibility index (Phi) is 3.44. The summed E-state index contributed by atoms with van der Waals surface area (Å²) < 4.78 is 4.77. The lowest BCUT2D eigenvalue weighted by Gasteiger charge is -1.98. The molecule has 0 heterocycles. The molecule has 0 radical (unpaired) electrons. The average molecular weight is 130 g/mol. The van der Waals surface area contributed by atoms with E-state index in [1.165, 1.54) is 0 Å². The van der Waals surface area contributed by atoms with E-state index in [0.29, 0.717) is 5.05 Å². The summed E-state index contributed by atoms with van der Waals surface area (Å²) in [5, 5.41) is 0.576. The van der Waals surface area contributed by atoms with Gasteiger partial charge in [0.1, 0.15) is 0 Å². The molecule has 0 aliphatic heterocycles. The second-order valence-corrected chi connectivity index (χ2v) is 1.83. The van der Waals surface area contributed by atoms with Gasteiger partial charge in [-0.2, -0.15) is 0 Å². The summed E-state index contributed by atoms with van der Waals surface area (Å²) in [7, 11) is 1.58. The summed E-state index contributed by atoms with van der Waals surface area (Å²) in [5.41, 5.74) is 1.02. The lowest BCUT2D eigenvalue weighted by Crippen LogP contribution is -1.96. The number of hydrogen-bond donors (Lipinski definition) is 0. The van der Waals surface area contributed by atoms with Crippen LogP contribution in [0.15, 0.2) is 11.6 Å². The Bertz CT molecular complexity index is 116. The number of methoxy groups -OCH3 is 1. The molecular formula is C6H10OS. The molecular weight excluding hydrogens is 120 g/mol. The minimum absolute atomic E-state index is 0.576. The molecule has 0 aromatic heterocycles. The van der Waals surface area contributed by atoms with Gasteiger partial charge in [-0.15, -0.1) is 0 Å². The highest BCUT2D eigenvalue weighted by molar-refractivity contribution is 7.80. The Hall–Kier alpha value is -0.370. The Morgan fingerprint density at radius 3 is 2.25 bits per heavy atom. The van der Waals surface area contributed by atoms with Gasteiger partial charge >= 0.3 is 0 Å². The summed E-state index contributed by atoms with van der Waals surface area (Å²) in [6.07, 6.45) is 1.92. The van der Waals surface area contributed by atoms with E-state index in [2.05, 4.69) is 0 Å². The predicted octanol–water partition coefficient (Wildman–Crippen LogP) is 1.93. The van der Waals surface area contributed by atoms with Gasteiger partial charge in [-0.1, -0.05) is 6.08 Å². The number of ether oxygens (including phenoxy) is 1. The fourth-order valence-corrected chi connectivity index (χ4v) is 0.397. The Balaban J connectivity index is 3.83. The zero-order valence-corrected chi connectivity index (χ0v) is 6.21. The van der Waals surface area contributed by atoms with Gasteiger partial charge in [0.15, 0.2) is 5.05 Å². The van der Waals surface area contributed by atoms with E-state index >= 15 is 0 Å². The molecule has 0 rings (SSSR count). The van der Waals surface area contributed by atoms with Crippen LogP contribution in [0.1, 0.15) is 13.8 Å². The highest BCUT2D eigenvalue weighted by atomic mass is 32.1.